The van der Waals surface area contributed by atoms with Gasteiger partial charge >= 0.3 is 6.18 Å². The number of aromatic nitrogens is 2. The Bertz CT molecular complexity index is 414. The summed E-state index contributed by atoms with van der Waals surface area (Å²) in [5.41, 5.74) is 4.64. The van der Waals surface area contributed by atoms with Gasteiger partial charge in [-0.25, -0.2) is 4.98 Å². The van der Waals surface area contributed by atoms with E-state index in [0.29, 0.717) is 6.54 Å². The van der Waals surface area contributed by atoms with Crippen LogP contribution in [0.4, 0.5) is 19.0 Å². The SMILES string of the molecule is CCCCCNc1nc(C(F)(F)F)[nH]c1C(N)=O. The number of primary amides is 1. The largest absolute Gasteiger partial charge is 0.449 e. The van der Waals surface area contributed by atoms with Crippen molar-refractivity contribution in [1.82, 2.24) is 9.97 Å². The number of aromatic amines is 1. The average molecular weight is 264 g/mol. The number of hydrogen-bond acceptors (Lipinski definition) is 3. The van der Waals surface area contributed by atoms with Gasteiger partial charge in [-0.2, -0.15) is 13.2 Å². The van der Waals surface area contributed by atoms with E-state index in [1.165, 1.54) is 0 Å². The van der Waals surface area contributed by atoms with Crippen molar-refractivity contribution in [2.45, 2.75) is 32.4 Å². The molecule has 1 rings (SSSR count). The highest BCUT2D eigenvalue weighted by Gasteiger charge is 2.36. The number of alkyl halides is 3. The highest BCUT2D eigenvalue weighted by atomic mass is 19.4. The molecule has 0 aromatic carbocycles. The van der Waals surface area contributed by atoms with Gasteiger partial charge in [0.05, 0.1) is 0 Å². The molecule has 0 bridgehead atoms. The smallest absolute Gasteiger partial charge is 0.368 e. The summed E-state index contributed by atoms with van der Waals surface area (Å²) in [5.74, 6) is -2.35. The Kier molecular flexibility index (Phi) is 4.57. The van der Waals surface area contributed by atoms with Gasteiger partial charge < -0.3 is 16.0 Å². The second kappa shape index (κ2) is 5.74. The molecule has 0 atom stereocenters. The minimum absolute atomic E-state index is 0.147. The zero-order valence-corrected chi connectivity index (χ0v) is 9.90. The maximum atomic E-state index is 12.4. The van der Waals surface area contributed by atoms with E-state index in [9.17, 15) is 18.0 Å². The Hall–Kier alpha value is -1.73. The molecule has 0 aliphatic carbocycles. The molecule has 4 N–H and O–H groups in total. The third kappa shape index (κ3) is 3.64. The number of halogens is 3. The van der Waals surface area contributed by atoms with Crippen molar-refractivity contribution in [2.75, 3.05) is 11.9 Å². The van der Waals surface area contributed by atoms with E-state index in [4.69, 9.17) is 5.73 Å². The number of nitrogens with one attached hydrogen (secondary N) is 2. The summed E-state index contributed by atoms with van der Waals surface area (Å²) < 4.78 is 37.2. The fraction of sp³-hybridized carbons (Fsp3) is 0.600. The molecular formula is C10H15F3N4O. The molecule has 0 unspecified atom stereocenters. The van der Waals surface area contributed by atoms with Crippen LogP contribution in [0.1, 0.15) is 42.5 Å². The predicted molar refractivity (Wildman–Crippen MR) is 60.1 cm³/mol. The van der Waals surface area contributed by atoms with Gasteiger partial charge in [0.15, 0.2) is 5.82 Å². The Labute approximate surface area is 102 Å². The number of rotatable bonds is 6. The molecule has 8 heteroatoms. The molecule has 0 saturated carbocycles. The van der Waals surface area contributed by atoms with Crippen LogP contribution < -0.4 is 11.1 Å². The number of H-pyrrole nitrogens is 1. The minimum atomic E-state index is -4.63. The average Bonchev–Trinajstić information content (AvgIpc) is 2.68. The molecule has 0 aliphatic heterocycles. The van der Waals surface area contributed by atoms with Crippen molar-refractivity contribution in [3.63, 3.8) is 0 Å². The van der Waals surface area contributed by atoms with Crippen molar-refractivity contribution in [2.24, 2.45) is 5.73 Å². The van der Waals surface area contributed by atoms with Gasteiger partial charge in [0.2, 0.25) is 5.82 Å². The maximum Gasteiger partial charge on any atom is 0.449 e. The first-order chi connectivity index (χ1) is 8.36. The third-order valence-corrected chi connectivity index (χ3v) is 2.29. The molecule has 1 heterocycles. The lowest BCUT2D eigenvalue weighted by Gasteiger charge is -2.03. The lowest BCUT2D eigenvalue weighted by molar-refractivity contribution is -0.144. The highest BCUT2D eigenvalue weighted by Crippen LogP contribution is 2.28. The van der Waals surface area contributed by atoms with Crippen LogP contribution in [0.2, 0.25) is 0 Å². The highest BCUT2D eigenvalue weighted by molar-refractivity contribution is 5.95. The first-order valence-electron chi connectivity index (χ1n) is 5.57. The number of nitrogens with zero attached hydrogens (tertiary/aromatic N) is 1. The van der Waals surface area contributed by atoms with E-state index in [2.05, 4.69) is 10.3 Å². The van der Waals surface area contributed by atoms with Crippen molar-refractivity contribution in [3.8, 4) is 0 Å². The molecule has 0 spiro atoms. The number of unbranched alkanes of at least 4 members (excludes halogenated alkanes) is 2. The normalized spacial score (nSPS) is 11.6. The minimum Gasteiger partial charge on any atom is -0.368 e. The number of imidazole rings is 1. The first kappa shape index (κ1) is 14.3. The number of anilines is 1. The van der Waals surface area contributed by atoms with Crippen LogP contribution in [0, 0.1) is 0 Å². The molecule has 1 aromatic rings. The Balaban J connectivity index is 2.82. The molecule has 5 nitrogen and oxygen atoms in total. The van der Waals surface area contributed by atoms with Crippen LogP contribution in [0.5, 0.6) is 0 Å². The van der Waals surface area contributed by atoms with Gasteiger partial charge in [-0.3, -0.25) is 4.79 Å². The van der Waals surface area contributed by atoms with E-state index in [0.717, 1.165) is 19.3 Å². The molecule has 1 aromatic heterocycles. The fourth-order valence-corrected chi connectivity index (χ4v) is 1.40. The number of carbonyl (C=O) groups excluding carboxylic acids is 1. The van der Waals surface area contributed by atoms with E-state index in [-0.39, 0.29) is 11.5 Å². The van der Waals surface area contributed by atoms with Crippen molar-refractivity contribution in [3.05, 3.63) is 11.5 Å². The summed E-state index contributed by atoms with van der Waals surface area (Å²) in [6.45, 7) is 2.45. The van der Waals surface area contributed by atoms with E-state index in [1.54, 1.807) is 0 Å². The number of amides is 1. The number of nitrogens with two attached hydrogens (primary N) is 1. The van der Waals surface area contributed by atoms with Crippen LogP contribution >= 0.6 is 0 Å². The Morgan fingerprint density at radius 3 is 2.61 bits per heavy atom. The molecule has 0 radical (unpaired) electrons. The summed E-state index contributed by atoms with van der Waals surface area (Å²) >= 11 is 0. The van der Waals surface area contributed by atoms with E-state index in [1.807, 2.05) is 11.9 Å². The maximum absolute atomic E-state index is 12.4. The van der Waals surface area contributed by atoms with Crippen LogP contribution in [0.3, 0.4) is 0 Å². The molecule has 1 amide bonds. The number of carbonyl (C=O) groups is 1. The second-order valence-corrected chi connectivity index (χ2v) is 3.80. The van der Waals surface area contributed by atoms with Gasteiger partial charge in [0.25, 0.3) is 5.91 Å². The second-order valence-electron chi connectivity index (χ2n) is 3.80. The zero-order valence-electron chi connectivity index (χ0n) is 9.90. The van der Waals surface area contributed by atoms with Crippen LogP contribution in [-0.4, -0.2) is 22.4 Å². The van der Waals surface area contributed by atoms with Gasteiger partial charge in [-0.05, 0) is 6.42 Å². The van der Waals surface area contributed by atoms with Gasteiger partial charge in [0.1, 0.15) is 5.69 Å². The van der Waals surface area contributed by atoms with Gasteiger partial charge in [-0.15, -0.1) is 0 Å². The Morgan fingerprint density at radius 1 is 1.44 bits per heavy atom. The van der Waals surface area contributed by atoms with Crippen LogP contribution in [-0.2, 0) is 6.18 Å². The lowest BCUT2D eigenvalue weighted by Crippen LogP contribution is -2.15. The quantitative estimate of drug-likeness (QED) is 0.688. The molecule has 102 valence electrons. The summed E-state index contributed by atoms with van der Waals surface area (Å²) in [6.07, 6.45) is -1.93. The van der Waals surface area contributed by atoms with Crippen molar-refractivity contribution < 1.29 is 18.0 Å². The Morgan fingerprint density at radius 2 is 2.11 bits per heavy atom. The van der Waals surface area contributed by atoms with E-state index < -0.39 is 17.9 Å². The fourth-order valence-electron chi connectivity index (χ4n) is 1.40. The van der Waals surface area contributed by atoms with Crippen LogP contribution in [0.15, 0.2) is 0 Å². The summed E-state index contributed by atoms with van der Waals surface area (Å²) in [5, 5.41) is 2.68. The van der Waals surface area contributed by atoms with E-state index >= 15 is 0 Å². The molecule has 0 aliphatic rings. The molecule has 0 fully saturated rings. The summed E-state index contributed by atoms with van der Waals surface area (Å²) in [4.78, 5) is 16.2. The molecule has 0 saturated heterocycles. The number of hydrogen-bond donors (Lipinski definition) is 3. The monoisotopic (exact) mass is 264 g/mol. The third-order valence-electron chi connectivity index (χ3n) is 2.29. The van der Waals surface area contributed by atoms with Gasteiger partial charge in [0, 0.05) is 6.54 Å². The molecule has 18 heavy (non-hydrogen) atoms. The van der Waals surface area contributed by atoms with Crippen molar-refractivity contribution in [1.29, 1.82) is 0 Å². The van der Waals surface area contributed by atoms with Crippen molar-refractivity contribution >= 4 is 11.7 Å². The predicted octanol–water partition coefficient (Wildman–Crippen LogP) is 2.13. The topological polar surface area (TPSA) is 83.8 Å². The summed E-state index contributed by atoms with van der Waals surface area (Å²) in [7, 11) is 0. The summed E-state index contributed by atoms with van der Waals surface area (Å²) in [6, 6.07) is 0. The van der Waals surface area contributed by atoms with Crippen LogP contribution in [0.25, 0.3) is 0 Å². The zero-order chi connectivity index (χ0) is 13.8. The first-order valence-corrected chi connectivity index (χ1v) is 5.57. The lowest BCUT2D eigenvalue weighted by atomic mass is 10.2. The van der Waals surface area contributed by atoms with Gasteiger partial charge in [-0.1, -0.05) is 19.8 Å². The molecular weight excluding hydrogens is 249 g/mol. The standard InChI is InChI=1S/C10H15F3N4O/c1-2-3-4-5-15-8-6(7(14)18)16-9(17-8)10(11,12)13/h15H,2-5H2,1H3,(H2,14,18)(H,16,17).